The third-order valence-electron chi connectivity index (χ3n) is 13.4. The molecular weight excluding hydrogens is 1080 g/mol. The van der Waals surface area contributed by atoms with E-state index in [0.717, 1.165) is 30.5 Å². The van der Waals surface area contributed by atoms with Gasteiger partial charge in [0.2, 0.25) is 15.9 Å². The second kappa shape index (κ2) is 20.1. The maximum atomic E-state index is 15.6. The van der Waals surface area contributed by atoms with Gasteiger partial charge in [-0.3, -0.25) is 24.0 Å². The predicted octanol–water partition coefficient (Wildman–Crippen LogP) is 8.11. The average Bonchev–Trinajstić information content (AvgIpc) is 3.80. The van der Waals surface area contributed by atoms with Crippen molar-refractivity contribution in [1.82, 2.24) is 34.8 Å². The van der Waals surface area contributed by atoms with E-state index >= 15 is 8.78 Å². The Morgan fingerprint density at radius 2 is 1.60 bits per heavy atom. The van der Waals surface area contributed by atoms with Crippen LogP contribution < -0.4 is 9.62 Å². The number of hydrogen-bond acceptors (Lipinski definition) is 12. The van der Waals surface area contributed by atoms with Crippen LogP contribution in [-0.2, 0) is 72.2 Å². The number of sulfone groups is 1. The van der Waals surface area contributed by atoms with E-state index < -0.39 is 143 Å². The fourth-order valence-corrected chi connectivity index (χ4v) is 10.8. The van der Waals surface area contributed by atoms with Crippen LogP contribution in [0.1, 0.15) is 72.6 Å². The highest BCUT2D eigenvalue weighted by atomic mass is 35.5. The summed E-state index contributed by atoms with van der Waals surface area (Å²) in [4.78, 5) is 34.6. The number of ether oxygens (including phenoxy) is 2. The Morgan fingerprint density at radius 1 is 0.947 bits per heavy atom. The molecule has 0 spiro atoms. The molecule has 16 nitrogen and oxygen atoms in total. The molecule has 0 radical (unpaired) electrons. The summed E-state index contributed by atoms with van der Waals surface area (Å²) in [6.07, 6.45) is -11.5. The van der Waals surface area contributed by atoms with Gasteiger partial charge in [-0.15, -0.1) is 0 Å². The Morgan fingerprint density at radius 3 is 2.21 bits per heavy atom. The van der Waals surface area contributed by atoms with Crippen LogP contribution >= 0.6 is 11.6 Å². The molecule has 2 aromatic carbocycles. The third kappa shape index (κ3) is 11.7. The summed E-state index contributed by atoms with van der Waals surface area (Å²) in [5.74, 6) is -11.0. The monoisotopic (exact) mass is 1130 g/mol. The Hall–Kier alpha value is -5.58. The SMILES string of the molecule is CC(C)(CCc1ccc(-c2ccc(Cl)c3c(N(C(=O)OCCN4CCOCC4)S(C)(=O)=O)nn(CC(F)(F)F)c23)c([C@H](Cc2cc(F)cc(F)c2)NC(=O)Cn2nc(C(F)(F)F)c3c2C(F)(F)[C@@H]2C[C@H]32)n1)S(C)(=O)=O. The molecule has 0 bridgehead atoms. The summed E-state index contributed by atoms with van der Waals surface area (Å²) in [5.41, 5.74) is -5.14. The lowest BCUT2D eigenvalue weighted by atomic mass is 9.93. The molecule has 4 heterocycles. The molecule has 3 atom stereocenters. The fraction of sp³-hybridized carbons (Fsp3) is 0.500. The number of hydrogen-bond donors (Lipinski definition) is 1. The summed E-state index contributed by atoms with van der Waals surface area (Å²) >= 11 is 6.69. The van der Waals surface area contributed by atoms with Crippen molar-refractivity contribution in [3.63, 3.8) is 0 Å². The summed E-state index contributed by atoms with van der Waals surface area (Å²) < 4.78 is 210. The molecule has 5 aromatic rings. The first-order valence-corrected chi connectivity index (χ1v) is 27.1. The zero-order valence-electron chi connectivity index (χ0n) is 40.1. The lowest BCUT2D eigenvalue weighted by molar-refractivity contribution is -0.143. The molecule has 29 heteroatoms. The van der Waals surface area contributed by atoms with Crippen LogP contribution in [0.4, 0.5) is 54.5 Å². The Bertz CT molecular complexity index is 3270. The number of amides is 2. The molecule has 408 valence electrons. The highest BCUT2D eigenvalue weighted by Crippen LogP contribution is 2.68. The number of nitrogens with zero attached hydrogens (tertiary/aromatic N) is 7. The number of benzene rings is 2. The molecule has 0 unspecified atom stereocenters. The molecule has 1 N–H and O–H groups in total. The van der Waals surface area contributed by atoms with E-state index in [0.29, 0.717) is 43.3 Å². The van der Waals surface area contributed by atoms with Crippen molar-refractivity contribution in [3.05, 3.63) is 93.0 Å². The minimum absolute atomic E-state index is 0.0215. The summed E-state index contributed by atoms with van der Waals surface area (Å²) in [6.45, 7) is 0.979. The molecular formula is C46H47ClF10N8O8S2. The number of alkyl halides is 8. The lowest BCUT2D eigenvalue weighted by Crippen LogP contribution is -2.41. The Balaban J connectivity index is 1.30. The van der Waals surface area contributed by atoms with Crippen LogP contribution in [0.25, 0.3) is 22.0 Å². The van der Waals surface area contributed by atoms with Crippen LogP contribution in [0.5, 0.6) is 0 Å². The standard InChI is InChI=1S/C46H47ClF10N8O8S2/c1-43(2,74(3,68)69)10-9-27-5-6-28(29-7-8-32(47)36-38(29)64(23-44(50,51)52)61-41(36)65(75(4,70)71)42(67)73-16-13-62-11-14-72-15-12-62)37(58-27)33(19-24-17-25(48)20-26(49)18-24)59-34(66)22-63-40-35(39(60-63)46(55,56)57)30-21-31(30)45(40,53)54/h5-8,17-18,20,30-31,33H,9-16,19,21-23H2,1-4H3,(H,59,66)/t30-,31+,33-/m0/s1. The van der Waals surface area contributed by atoms with E-state index in [1.165, 1.54) is 26.0 Å². The zero-order valence-corrected chi connectivity index (χ0v) is 42.5. The smallest absolute Gasteiger partial charge is 0.435 e. The van der Waals surface area contributed by atoms with Crippen LogP contribution in [0.2, 0.25) is 5.02 Å². The highest BCUT2D eigenvalue weighted by Gasteiger charge is 2.68. The molecule has 75 heavy (non-hydrogen) atoms. The minimum Gasteiger partial charge on any atom is -0.447 e. The first-order chi connectivity index (χ1) is 34.7. The Kier molecular flexibility index (Phi) is 14.9. The fourth-order valence-electron chi connectivity index (χ4n) is 9.34. The van der Waals surface area contributed by atoms with Gasteiger partial charge in [0.05, 0.1) is 51.9 Å². The molecule has 1 saturated carbocycles. The minimum atomic E-state index is -5.21. The van der Waals surface area contributed by atoms with Gasteiger partial charge in [-0.05, 0) is 75.3 Å². The number of aryl methyl sites for hydroxylation is 1. The van der Waals surface area contributed by atoms with E-state index in [1.807, 2.05) is 4.90 Å². The van der Waals surface area contributed by atoms with E-state index in [-0.39, 0.29) is 69.5 Å². The maximum Gasteiger partial charge on any atom is 0.435 e. The van der Waals surface area contributed by atoms with Crippen molar-refractivity contribution < 1.29 is 79.8 Å². The second-order valence-electron chi connectivity index (χ2n) is 19.2. The van der Waals surface area contributed by atoms with Gasteiger partial charge in [-0.1, -0.05) is 23.7 Å². The second-order valence-corrected chi connectivity index (χ2v) is 24.1. The number of pyridine rings is 1. The largest absolute Gasteiger partial charge is 0.447 e. The molecule has 2 aliphatic carbocycles. The van der Waals surface area contributed by atoms with E-state index in [1.54, 1.807) is 0 Å². The van der Waals surface area contributed by atoms with Crippen LogP contribution in [0.15, 0.2) is 42.5 Å². The van der Waals surface area contributed by atoms with Gasteiger partial charge in [0.1, 0.15) is 37.0 Å². The quantitative estimate of drug-likeness (QED) is 0.0883. The number of carbonyl (C=O) groups excluding carboxylic acids is 2. The van der Waals surface area contributed by atoms with Crippen LogP contribution in [0, 0.1) is 17.6 Å². The summed E-state index contributed by atoms with van der Waals surface area (Å²) in [5, 5.41) is 8.87. The van der Waals surface area contributed by atoms with Gasteiger partial charge in [0.15, 0.2) is 21.3 Å². The number of morpholine rings is 1. The molecule has 1 aliphatic heterocycles. The molecule has 1 saturated heterocycles. The maximum absolute atomic E-state index is 15.6. The van der Waals surface area contributed by atoms with Gasteiger partial charge in [0.25, 0.3) is 5.92 Å². The van der Waals surface area contributed by atoms with Gasteiger partial charge in [-0.2, -0.15) is 49.6 Å². The van der Waals surface area contributed by atoms with Gasteiger partial charge < -0.3 is 14.8 Å². The number of aromatic nitrogens is 5. The van der Waals surface area contributed by atoms with Gasteiger partial charge in [-0.25, -0.2) is 30.4 Å². The first kappa shape index (κ1) is 55.6. The normalized spacial score (nSPS) is 18.4. The molecule has 2 fully saturated rings. The van der Waals surface area contributed by atoms with Crippen molar-refractivity contribution in [2.24, 2.45) is 5.92 Å². The van der Waals surface area contributed by atoms with Crippen molar-refractivity contribution >= 4 is 60.2 Å². The van der Waals surface area contributed by atoms with E-state index in [9.17, 15) is 61.5 Å². The zero-order chi connectivity index (χ0) is 55.0. The number of anilines is 1. The van der Waals surface area contributed by atoms with Crippen molar-refractivity contribution in [3.8, 4) is 11.1 Å². The summed E-state index contributed by atoms with van der Waals surface area (Å²) in [7, 11) is -8.55. The van der Waals surface area contributed by atoms with Crippen LogP contribution in [-0.4, -0.2) is 121 Å². The predicted molar refractivity (Wildman–Crippen MR) is 250 cm³/mol. The van der Waals surface area contributed by atoms with Crippen LogP contribution in [0.3, 0.4) is 0 Å². The third-order valence-corrected chi connectivity index (χ3v) is 16.9. The topological polar surface area (TPSA) is 188 Å². The van der Waals surface area contributed by atoms with Crippen molar-refractivity contribution in [2.45, 2.75) is 87.6 Å². The van der Waals surface area contributed by atoms with Crippen molar-refractivity contribution in [2.75, 3.05) is 56.3 Å². The average molecular weight is 1130 g/mol. The number of halogens is 11. The first-order valence-electron chi connectivity index (χ1n) is 23.0. The van der Waals surface area contributed by atoms with Gasteiger partial charge >= 0.3 is 18.4 Å². The molecule has 3 aromatic heterocycles. The molecule has 3 aliphatic rings. The highest BCUT2D eigenvalue weighted by molar-refractivity contribution is 7.92. The summed E-state index contributed by atoms with van der Waals surface area (Å²) in [6, 6.07) is 5.32. The van der Waals surface area contributed by atoms with Gasteiger partial charge in [0, 0.05) is 60.3 Å². The van der Waals surface area contributed by atoms with E-state index in [2.05, 4.69) is 15.5 Å². The molecule has 2 amide bonds. The molecule has 8 rings (SSSR count). The number of sulfonamides is 1. The Labute approximate surface area is 427 Å². The van der Waals surface area contributed by atoms with E-state index in [4.69, 9.17) is 26.1 Å². The number of fused-ring (bicyclic) bond motifs is 4. The van der Waals surface area contributed by atoms with Crippen molar-refractivity contribution in [1.29, 1.82) is 0 Å². The lowest BCUT2D eigenvalue weighted by Gasteiger charge is -2.26. The number of nitrogens with one attached hydrogen (secondary N) is 1. The number of carbonyl (C=O) groups is 2. The number of rotatable bonds is 17.